The first-order valence-corrected chi connectivity index (χ1v) is 7.36. The fourth-order valence-electron chi connectivity index (χ4n) is 1.97. The Bertz CT molecular complexity index is 585. The zero-order valence-electron chi connectivity index (χ0n) is 10.9. The number of halogens is 1. The lowest BCUT2D eigenvalue weighted by atomic mass is 10.2. The first-order valence-electron chi connectivity index (χ1n) is 6.57. The molecule has 0 spiro atoms. The molecule has 6 heteroatoms. The van der Waals surface area contributed by atoms with Crippen molar-refractivity contribution in [3.05, 3.63) is 46.7 Å². The number of rotatable bonds is 5. The molecule has 1 fully saturated rings. The van der Waals surface area contributed by atoms with Crippen LogP contribution in [-0.2, 0) is 6.54 Å². The molecular formula is C14H16BrN5. The molecule has 0 atom stereocenters. The smallest absolute Gasteiger partial charge is 0.131 e. The van der Waals surface area contributed by atoms with Gasteiger partial charge in [0, 0.05) is 30.2 Å². The summed E-state index contributed by atoms with van der Waals surface area (Å²) in [5.74, 6) is 1.69. The molecule has 0 amide bonds. The molecule has 1 aromatic heterocycles. The van der Waals surface area contributed by atoms with E-state index < -0.39 is 0 Å². The van der Waals surface area contributed by atoms with Gasteiger partial charge in [-0.3, -0.25) is 0 Å². The van der Waals surface area contributed by atoms with Gasteiger partial charge in [-0.05, 0) is 17.7 Å². The Labute approximate surface area is 126 Å². The number of benzene rings is 1. The van der Waals surface area contributed by atoms with Crippen molar-refractivity contribution in [2.45, 2.75) is 12.6 Å². The lowest BCUT2D eigenvalue weighted by Gasteiger charge is -2.28. The first-order chi connectivity index (χ1) is 9.79. The SMILES string of the molecule is Brc1cccc(CNc2cc(NC3CNC3)ncn2)c1. The van der Waals surface area contributed by atoms with Crippen LogP contribution in [0, 0.1) is 0 Å². The zero-order valence-corrected chi connectivity index (χ0v) is 12.5. The van der Waals surface area contributed by atoms with Crippen molar-refractivity contribution >= 4 is 27.6 Å². The summed E-state index contributed by atoms with van der Waals surface area (Å²) in [5.41, 5.74) is 1.20. The van der Waals surface area contributed by atoms with E-state index in [9.17, 15) is 0 Å². The van der Waals surface area contributed by atoms with Crippen LogP contribution in [0.15, 0.2) is 41.1 Å². The largest absolute Gasteiger partial charge is 0.366 e. The Kier molecular flexibility index (Phi) is 4.13. The molecule has 104 valence electrons. The third kappa shape index (κ3) is 3.46. The highest BCUT2D eigenvalue weighted by Gasteiger charge is 2.16. The maximum absolute atomic E-state index is 4.24. The van der Waals surface area contributed by atoms with Gasteiger partial charge < -0.3 is 16.0 Å². The normalized spacial score (nSPS) is 14.7. The van der Waals surface area contributed by atoms with Crippen molar-refractivity contribution in [2.75, 3.05) is 23.7 Å². The van der Waals surface area contributed by atoms with Gasteiger partial charge in [0.15, 0.2) is 0 Å². The highest BCUT2D eigenvalue weighted by Crippen LogP contribution is 2.15. The van der Waals surface area contributed by atoms with Gasteiger partial charge in [-0.2, -0.15) is 0 Å². The minimum Gasteiger partial charge on any atom is -0.366 e. The third-order valence-corrected chi connectivity index (χ3v) is 3.66. The summed E-state index contributed by atoms with van der Waals surface area (Å²) in [6, 6.07) is 10.6. The van der Waals surface area contributed by atoms with E-state index in [4.69, 9.17) is 0 Å². The van der Waals surface area contributed by atoms with Gasteiger partial charge in [0.25, 0.3) is 0 Å². The van der Waals surface area contributed by atoms with Gasteiger partial charge in [0.1, 0.15) is 18.0 Å². The molecule has 0 bridgehead atoms. The summed E-state index contributed by atoms with van der Waals surface area (Å²) >= 11 is 3.47. The Morgan fingerprint density at radius 2 is 2.05 bits per heavy atom. The monoisotopic (exact) mass is 333 g/mol. The number of hydrogen-bond donors (Lipinski definition) is 3. The molecule has 3 rings (SSSR count). The molecule has 0 saturated carbocycles. The Morgan fingerprint density at radius 1 is 1.20 bits per heavy atom. The van der Waals surface area contributed by atoms with E-state index in [2.05, 4.69) is 54.0 Å². The summed E-state index contributed by atoms with van der Waals surface area (Å²) in [4.78, 5) is 8.47. The summed E-state index contributed by atoms with van der Waals surface area (Å²) in [6.45, 7) is 2.72. The van der Waals surface area contributed by atoms with Crippen molar-refractivity contribution in [1.29, 1.82) is 0 Å². The van der Waals surface area contributed by atoms with Crippen LogP contribution in [0.4, 0.5) is 11.6 Å². The van der Waals surface area contributed by atoms with Gasteiger partial charge in [-0.15, -0.1) is 0 Å². The van der Waals surface area contributed by atoms with Gasteiger partial charge in [0.05, 0.1) is 6.04 Å². The van der Waals surface area contributed by atoms with Crippen LogP contribution in [0.1, 0.15) is 5.56 Å². The van der Waals surface area contributed by atoms with Gasteiger partial charge >= 0.3 is 0 Å². The number of aromatic nitrogens is 2. The second-order valence-corrected chi connectivity index (χ2v) is 5.69. The summed E-state index contributed by atoms with van der Waals surface area (Å²) in [5, 5.41) is 9.90. The average Bonchev–Trinajstić information content (AvgIpc) is 2.41. The quantitative estimate of drug-likeness (QED) is 0.783. The van der Waals surface area contributed by atoms with Crippen LogP contribution in [0.3, 0.4) is 0 Å². The van der Waals surface area contributed by atoms with Crippen LogP contribution in [0.2, 0.25) is 0 Å². The third-order valence-electron chi connectivity index (χ3n) is 3.16. The lowest BCUT2D eigenvalue weighted by molar-refractivity contribution is 0.471. The molecule has 2 heterocycles. The molecular weight excluding hydrogens is 318 g/mol. The molecule has 20 heavy (non-hydrogen) atoms. The number of anilines is 2. The molecule has 0 unspecified atom stereocenters. The molecule has 0 aliphatic carbocycles. The number of nitrogens with one attached hydrogen (secondary N) is 3. The molecule has 1 aliphatic rings. The predicted molar refractivity (Wildman–Crippen MR) is 83.8 cm³/mol. The second-order valence-electron chi connectivity index (χ2n) is 4.77. The summed E-state index contributed by atoms with van der Waals surface area (Å²) in [7, 11) is 0. The average molecular weight is 334 g/mol. The maximum Gasteiger partial charge on any atom is 0.131 e. The predicted octanol–water partition coefficient (Wildman–Crippen LogP) is 2.23. The Hall–Kier alpha value is -1.66. The van der Waals surface area contributed by atoms with Crippen LogP contribution < -0.4 is 16.0 Å². The topological polar surface area (TPSA) is 61.9 Å². The number of hydrogen-bond acceptors (Lipinski definition) is 5. The highest BCUT2D eigenvalue weighted by atomic mass is 79.9. The van der Waals surface area contributed by atoms with Crippen LogP contribution in [0.25, 0.3) is 0 Å². The van der Waals surface area contributed by atoms with Crippen LogP contribution in [0.5, 0.6) is 0 Å². The van der Waals surface area contributed by atoms with Gasteiger partial charge in [-0.25, -0.2) is 9.97 Å². The van der Waals surface area contributed by atoms with E-state index in [1.807, 2.05) is 18.2 Å². The Morgan fingerprint density at radius 3 is 2.80 bits per heavy atom. The van der Waals surface area contributed by atoms with Crippen molar-refractivity contribution < 1.29 is 0 Å². The standard InChI is InChI=1S/C14H16BrN5/c15-11-3-1-2-10(4-11)6-17-13-5-14(19-9-18-13)20-12-7-16-8-12/h1-5,9,12,16H,6-8H2,(H2,17,18,19,20). The van der Waals surface area contributed by atoms with Crippen molar-refractivity contribution in [3.8, 4) is 0 Å². The first kappa shape index (κ1) is 13.3. The highest BCUT2D eigenvalue weighted by molar-refractivity contribution is 9.10. The van der Waals surface area contributed by atoms with Crippen LogP contribution in [-0.4, -0.2) is 29.1 Å². The molecule has 1 saturated heterocycles. The fraction of sp³-hybridized carbons (Fsp3) is 0.286. The lowest BCUT2D eigenvalue weighted by Crippen LogP contribution is -2.51. The summed E-state index contributed by atoms with van der Waals surface area (Å²) < 4.78 is 1.08. The molecule has 5 nitrogen and oxygen atoms in total. The van der Waals surface area contributed by atoms with Gasteiger partial charge in [0.2, 0.25) is 0 Å². The minimum atomic E-state index is 0.475. The van der Waals surface area contributed by atoms with Crippen molar-refractivity contribution in [2.24, 2.45) is 0 Å². The van der Waals surface area contributed by atoms with E-state index >= 15 is 0 Å². The number of nitrogens with zero attached hydrogens (tertiary/aromatic N) is 2. The Balaban J connectivity index is 1.60. The van der Waals surface area contributed by atoms with E-state index in [0.29, 0.717) is 6.04 Å². The molecule has 1 aliphatic heterocycles. The molecule has 3 N–H and O–H groups in total. The molecule has 2 aromatic rings. The van der Waals surface area contributed by atoms with Gasteiger partial charge in [-0.1, -0.05) is 28.1 Å². The maximum atomic E-state index is 4.24. The van der Waals surface area contributed by atoms with Crippen molar-refractivity contribution in [3.63, 3.8) is 0 Å². The van der Waals surface area contributed by atoms with E-state index in [1.54, 1.807) is 6.33 Å². The van der Waals surface area contributed by atoms with E-state index in [1.165, 1.54) is 5.56 Å². The second kappa shape index (κ2) is 6.19. The van der Waals surface area contributed by atoms with Crippen LogP contribution >= 0.6 is 15.9 Å². The summed E-state index contributed by atoms with van der Waals surface area (Å²) in [6.07, 6.45) is 1.58. The fourth-order valence-corrected chi connectivity index (χ4v) is 2.42. The van der Waals surface area contributed by atoms with E-state index in [-0.39, 0.29) is 0 Å². The zero-order chi connectivity index (χ0) is 13.8. The molecule has 0 radical (unpaired) electrons. The van der Waals surface area contributed by atoms with E-state index in [0.717, 1.165) is 35.7 Å². The molecule has 1 aromatic carbocycles. The van der Waals surface area contributed by atoms with Crippen molar-refractivity contribution in [1.82, 2.24) is 15.3 Å². The minimum absolute atomic E-state index is 0.475.